The van der Waals surface area contributed by atoms with Gasteiger partial charge in [0.2, 0.25) is 0 Å². The highest BCUT2D eigenvalue weighted by Crippen LogP contribution is 2.18. The van der Waals surface area contributed by atoms with E-state index in [0.717, 1.165) is 23.9 Å². The molecular weight excluding hydrogens is 558 g/mol. The summed E-state index contributed by atoms with van der Waals surface area (Å²) in [6, 6.07) is 0. The van der Waals surface area contributed by atoms with Gasteiger partial charge in [0, 0.05) is 6.61 Å². The molecule has 0 fully saturated rings. The zero-order valence-corrected chi connectivity index (χ0v) is 32.3. The van der Waals surface area contributed by atoms with Crippen molar-refractivity contribution in [2.24, 2.45) is 0 Å². The van der Waals surface area contributed by atoms with Crippen molar-refractivity contribution < 1.29 is 9.22 Å². The molecule has 0 aliphatic heterocycles. The van der Waals surface area contributed by atoms with Gasteiger partial charge < -0.3 is 9.22 Å². The lowest BCUT2D eigenvalue weighted by atomic mass is 10.0. The van der Waals surface area contributed by atoms with Gasteiger partial charge in [-0.15, -0.1) is 0 Å². The molecular formula is C44H84NO+. The van der Waals surface area contributed by atoms with Gasteiger partial charge in [-0.2, -0.15) is 0 Å². The van der Waals surface area contributed by atoms with Crippen molar-refractivity contribution in [3.05, 3.63) is 48.6 Å². The van der Waals surface area contributed by atoms with E-state index in [1.807, 2.05) is 0 Å². The lowest BCUT2D eigenvalue weighted by Gasteiger charge is -2.24. The molecule has 0 amide bonds. The highest BCUT2D eigenvalue weighted by molar-refractivity contribution is 4.93. The van der Waals surface area contributed by atoms with Crippen LogP contribution in [0.4, 0.5) is 0 Å². The average Bonchev–Trinajstić information content (AvgIpc) is 3.03. The molecule has 0 heterocycles. The van der Waals surface area contributed by atoms with E-state index in [9.17, 15) is 0 Å². The van der Waals surface area contributed by atoms with E-state index < -0.39 is 0 Å². The van der Waals surface area contributed by atoms with Gasteiger partial charge >= 0.3 is 0 Å². The van der Waals surface area contributed by atoms with E-state index in [-0.39, 0.29) is 0 Å². The lowest BCUT2D eigenvalue weighted by molar-refractivity contribution is -0.870. The summed E-state index contributed by atoms with van der Waals surface area (Å²) in [7, 11) is 6.88. The Balaban J connectivity index is 3.95. The van der Waals surface area contributed by atoms with Gasteiger partial charge in [0.1, 0.15) is 0 Å². The molecule has 0 bridgehead atoms. The first-order chi connectivity index (χ1) is 22.5. The lowest BCUT2D eigenvalue weighted by Crippen LogP contribution is -2.35. The Hall–Kier alpha value is -1.12. The number of hydrogen-bond donors (Lipinski definition) is 0. The summed E-state index contributed by atoms with van der Waals surface area (Å²) in [6.07, 6.45) is 56.2. The number of unbranched alkanes of at least 4 members (excludes halogenated alkanes) is 19. The number of hydrogen-bond acceptors (Lipinski definition) is 1. The van der Waals surface area contributed by atoms with Crippen molar-refractivity contribution in [2.75, 3.05) is 34.3 Å². The molecule has 0 aliphatic rings. The van der Waals surface area contributed by atoms with Crippen LogP contribution >= 0.6 is 0 Å². The molecule has 270 valence electrons. The third-order valence-corrected chi connectivity index (χ3v) is 9.03. The van der Waals surface area contributed by atoms with Gasteiger partial charge in [-0.25, -0.2) is 0 Å². The highest BCUT2D eigenvalue weighted by atomic mass is 16.5. The van der Waals surface area contributed by atoms with Crippen molar-refractivity contribution >= 4 is 0 Å². The Bertz CT molecular complexity index is 649. The third-order valence-electron chi connectivity index (χ3n) is 9.03. The molecule has 2 heteroatoms. The molecule has 0 N–H and O–H groups in total. The molecule has 0 saturated carbocycles. The highest BCUT2D eigenvalue weighted by Gasteiger charge is 2.10. The second kappa shape index (κ2) is 36.7. The van der Waals surface area contributed by atoms with Crippen molar-refractivity contribution in [1.29, 1.82) is 0 Å². The van der Waals surface area contributed by atoms with E-state index >= 15 is 0 Å². The number of rotatable bonds is 36. The van der Waals surface area contributed by atoms with Crippen molar-refractivity contribution in [3.8, 4) is 0 Å². The minimum Gasteiger partial charge on any atom is -0.378 e. The topological polar surface area (TPSA) is 9.23 Å². The number of ether oxygens (including phenoxy) is 1. The molecule has 0 radical (unpaired) electrons. The Kier molecular flexibility index (Phi) is 35.8. The number of quaternary nitrogens is 1. The van der Waals surface area contributed by atoms with E-state index in [0.29, 0.717) is 6.10 Å². The molecule has 0 saturated heterocycles. The van der Waals surface area contributed by atoms with Gasteiger partial charge in [0.15, 0.2) is 0 Å². The van der Waals surface area contributed by atoms with Gasteiger partial charge in [0.25, 0.3) is 0 Å². The van der Waals surface area contributed by atoms with Gasteiger partial charge in [-0.1, -0.05) is 152 Å². The van der Waals surface area contributed by atoms with Crippen LogP contribution in [-0.2, 0) is 4.74 Å². The molecule has 0 aromatic rings. The summed E-state index contributed by atoms with van der Waals surface area (Å²) in [4.78, 5) is 0. The maximum Gasteiger partial charge on any atom is 0.0781 e. The summed E-state index contributed by atoms with van der Waals surface area (Å²) in [6.45, 7) is 6.74. The van der Waals surface area contributed by atoms with E-state index in [4.69, 9.17) is 4.74 Å². The van der Waals surface area contributed by atoms with Crippen molar-refractivity contribution in [3.63, 3.8) is 0 Å². The predicted octanol–water partition coefficient (Wildman–Crippen LogP) is 14.3. The number of allylic oxidation sites excluding steroid dienone is 8. The quantitative estimate of drug-likeness (QED) is 0.0375. The summed E-state index contributed by atoms with van der Waals surface area (Å²) >= 11 is 0. The maximum absolute atomic E-state index is 6.47. The smallest absolute Gasteiger partial charge is 0.0781 e. The molecule has 0 rings (SSSR count). The molecule has 0 aromatic heterocycles. The van der Waals surface area contributed by atoms with Crippen molar-refractivity contribution in [1.82, 2.24) is 0 Å². The predicted molar refractivity (Wildman–Crippen MR) is 210 cm³/mol. The zero-order chi connectivity index (χ0) is 33.7. The normalized spacial score (nSPS) is 12.8. The first kappa shape index (κ1) is 44.9. The Morgan fingerprint density at radius 1 is 0.413 bits per heavy atom. The monoisotopic (exact) mass is 643 g/mol. The third kappa shape index (κ3) is 39.1. The van der Waals surface area contributed by atoms with Crippen molar-refractivity contribution in [2.45, 2.75) is 200 Å². The van der Waals surface area contributed by atoms with Crippen LogP contribution in [0.15, 0.2) is 48.6 Å². The molecule has 2 nitrogen and oxygen atoms in total. The molecule has 0 aliphatic carbocycles. The zero-order valence-electron chi connectivity index (χ0n) is 32.3. The van der Waals surface area contributed by atoms with Gasteiger partial charge in [0.05, 0.1) is 33.8 Å². The SMILES string of the molecule is CCCCC/C=C\C/C=C\CCCCCCCCC(CCCCCCCC/C=C\C/C=C\CCCCC)OCCCC[N+](C)(C)C. The Morgan fingerprint density at radius 2 is 0.783 bits per heavy atom. The minimum atomic E-state index is 0.487. The van der Waals surface area contributed by atoms with Crippen LogP contribution in [0.5, 0.6) is 0 Å². The molecule has 0 unspecified atom stereocenters. The molecule has 0 spiro atoms. The first-order valence-electron chi connectivity index (χ1n) is 20.5. The van der Waals surface area contributed by atoms with Crippen LogP contribution in [0, 0.1) is 0 Å². The van der Waals surface area contributed by atoms with E-state index in [1.165, 1.54) is 173 Å². The van der Waals surface area contributed by atoms with E-state index in [2.05, 4.69) is 83.6 Å². The van der Waals surface area contributed by atoms with Crippen LogP contribution in [-0.4, -0.2) is 44.9 Å². The van der Waals surface area contributed by atoms with Crippen LogP contribution in [0.25, 0.3) is 0 Å². The fraction of sp³-hybridized carbons (Fsp3) is 0.818. The van der Waals surface area contributed by atoms with Gasteiger partial charge in [-0.05, 0) is 89.9 Å². The fourth-order valence-corrected chi connectivity index (χ4v) is 5.97. The summed E-state index contributed by atoms with van der Waals surface area (Å²) in [5.41, 5.74) is 0. The van der Waals surface area contributed by atoms with Crippen LogP contribution < -0.4 is 0 Å². The molecule has 46 heavy (non-hydrogen) atoms. The Morgan fingerprint density at radius 3 is 1.17 bits per heavy atom. The minimum absolute atomic E-state index is 0.487. The van der Waals surface area contributed by atoms with Crippen LogP contribution in [0.2, 0.25) is 0 Å². The van der Waals surface area contributed by atoms with Gasteiger partial charge in [-0.3, -0.25) is 0 Å². The Labute approximate surface area is 291 Å². The van der Waals surface area contributed by atoms with Crippen LogP contribution in [0.1, 0.15) is 194 Å². The largest absolute Gasteiger partial charge is 0.378 e. The fourth-order valence-electron chi connectivity index (χ4n) is 5.97. The average molecular weight is 643 g/mol. The standard InChI is InChI=1S/C44H84NO/c1-6-8-10-12-14-16-18-20-22-24-26-28-30-32-34-36-40-44(46-43-39-38-42-45(3,4)5)41-37-35-33-31-29-27-25-23-21-19-17-15-13-11-9-7-2/h14-17,20-23,44H,6-13,18-19,24-43H2,1-5H3/q+1/b16-14-,17-15-,22-20-,23-21-. The summed E-state index contributed by atoms with van der Waals surface area (Å²) < 4.78 is 7.53. The molecule has 0 aromatic carbocycles. The second-order valence-electron chi connectivity index (χ2n) is 15.0. The molecule has 0 atom stereocenters. The first-order valence-corrected chi connectivity index (χ1v) is 20.5. The summed E-state index contributed by atoms with van der Waals surface area (Å²) in [5, 5.41) is 0. The number of nitrogens with zero attached hydrogens (tertiary/aromatic N) is 1. The summed E-state index contributed by atoms with van der Waals surface area (Å²) in [5.74, 6) is 0. The second-order valence-corrected chi connectivity index (χ2v) is 15.0. The maximum atomic E-state index is 6.47. The van der Waals surface area contributed by atoms with E-state index in [1.54, 1.807) is 0 Å². The van der Waals surface area contributed by atoms with Crippen LogP contribution in [0.3, 0.4) is 0 Å².